The minimum absolute atomic E-state index is 0.0525. The van der Waals surface area contributed by atoms with Crippen LogP contribution in [0.3, 0.4) is 0 Å². The maximum Gasteiger partial charge on any atom is 0.240 e. The van der Waals surface area contributed by atoms with Crippen molar-refractivity contribution >= 4 is 27.1 Å². The van der Waals surface area contributed by atoms with Crippen molar-refractivity contribution in [2.75, 3.05) is 5.32 Å². The highest BCUT2D eigenvalue weighted by molar-refractivity contribution is 7.91. The van der Waals surface area contributed by atoms with E-state index in [4.69, 9.17) is 4.42 Å². The number of aryl methyl sites for hydroxylation is 1. The van der Waals surface area contributed by atoms with Crippen LogP contribution >= 0.6 is 11.3 Å². The second-order valence-electron chi connectivity index (χ2n) is 6.43. The van der Waals surface area contributed by atoms with E-state index in [2.05, 4.69) is 10.3 Å². The maximum absolute atomic E-state index is 13.2. The van der Waals surface area contributed by atoms with Crippen LogP contribution in [0, 0.1) is 12.7 Å². The van der Waals surface area contributed by atoms with Gasteiger partial charge in [-0.1, -0.05) is 35.9 Å². The van der Waals surface area contributed by atoms with E-state index in [1.54, 1.807) is 6.07 Å². The van der Waals surface area contributed by atoms with Gasteiger partial charge in [0.2, 0.25) is 26.6 Å². The Bertz CT molecular complexity index is 1210. The minimum atomic E-state index is -4.00. The lowest BCUT2D eigenvalue weighted by atomic mass is 10.1. The quantitative estimate of drug-likeness (QED) is 0.422. The molecule has 0 saturated carbocycles. The Balaban J connectivity index is 1.73. The molecule has 2 aromatic heterocycles. The number of nitrogens with zero attached hydrogens (tertiary/aromatic N) is 1. The summed E-state index contributed by atoms with van der Waals surface area (Å²) in [5.74, 6) is -0.244. The number of aromatic nitrogens is 1. The molecule has 0 atom stereocenters. The number of hydrogen-bond acceptors (Lipinski definition) is 6. The summed E-state index contributed by atoms with van der Waals surface area (Å²) in [4.78, 5) is 4.91. The lowest BCUT2D eigenvalue weighted by molar-refractivity contribution is 0.577. The number of hydrogen-bond donors (Lipinski definition) is 1. The predicted molar refractivity (Wildman–Crippen MR) is 110 cm³/mol. The number of rotatable bonds is 6. The second kappa shape index (κ2) is 7.81. The van der Waals surface area contributed by atoms with Crippen LogP contribution in [0.5, 0.6) is 0 Å². The van der Waals surface area contributed by atoms with Crippen LogP contribution in [-0.2, 0) is 16.4 Å². The van der Waals surface area contributed by atoms with Crippen molar-refractivity contribution in [2.45, 2.75) is 23.4 Å². The zero-order valence-electron chi connectivity index (χ0n) is 15.4. The smallest absolute Gasteiger partial charge is 0.240 e. The molecule has 2 heterocycles. The van der Waals surface area contributed by atoms with Gasteiger partial charge < -0.3 is 9.73 Å². The van der Waals surface area contributed by atoms with Crippen LogP contribution in [0.4, 0.5) is 10.3 Å². The van der Waals surface area contributed by atoms with Crippen molar-refractivity contribution in [3.05, 3.63) is 83.0 Å². The number of benzene rings is 2. The van der Waals surface area contributed by atoms with Crippen molar-refractivity contribution in [3.63, 3.8) is 0 Å². The molecular formula is C21H17FN2O3S2. The Hall–Kier alpha value is -2.97. The first-order valence-electron chi connectivity index (χ1n) is 8.78. The van der Waals surface area contributed by atoms with E-state index in [0.717, 1.165) is 23.3 Å². The van der Waals surface area contributed by atoms with Gasteiger partial charge in [0, 0.05) is 6.54 Å². The number of anilines is 1. The van der Waals surface area contributed by atoms with Gasteiger partial charge in [0.15, 0.2) is 0 Å². The van der Waals surface area contributed by atoms with E-state index in [0.29, 0.717) is 11.4 Å². The molecule has 0 bridgehead atoms. The molecule has 5 nitrogen and oxygen atoms in total. The topological polar surface area (TPSA) is 72.2 Å². The zero-order valence-corrected chi connectivity index (χ0v) is 17.1. The minimum Gasteiger partial charge on any atom is -0.418 e. The maximum atomic E-state index is 13.2. The van der Waals surface area contributed by atoms with Gasteiger partial charge in [-0.3, -0.25) is 0 Å². The summed E-state index contributed by atoms with van der Waals surface area (Å²) in [6, 6.07) is 16.1. The monoisotopic (exact) mass is 428 g/mol. The summed E-state index contributed by atoms with van der Waals surface area (Å²) in [5, 5.41) is 4.67. The summed E-state index contributed by atoms with van der Waals surface area (Å²) in [7, 11) is -4.00. The Kier molecular flexibility index (Phi) is 5.21. The molecule has 0 amide bonds. The molecule has 0 fully saturated rings. The molecular weight excluding hydrogens is 411 g/mol. The molecule has 0 saturated heterocycles. The first kappa shape index (κ1) is 19.4. The van der Waals surface area contributed by atoms with Gasteiger partial charge >= 0.3 is 0 Å². The standard InChI is InChI=1S/C21H17FN2O3S2/c1-14-4-6-15(7-5-14)13-23-20-21(24-19(27-20)18-3-2-12-28-18)29(25,26)17-10-8-16(22)9-11-17/h2-12,23H,13H2,1H3. The predicted octanol–water partition coefficient (Wildman–Crippen LogP) is 5.30. The number of halogens is 1. The van der Waals surface area contributed by atoms with Gasteiger partial charge in [-0.25, -0.2) is 12.8 Å². The van der Waals surface area contributed by atoms with Gasteiger partial charge in [0.05, 0.1) is 9.77 Å². The third kappa shape index (κ3) is 4.08. The van der Waals surface area contributed by atoms with E-state index >= 15 is 0 Å². The number of sulfone groups is 1. The van der Waals surface area contributed by atoms with Gasteiger partial charge in [-0.2, -0.15) is 4.98 Å². The molecule has 2 aromatic carbocycles. The van der Waals surface area contributed by atoms with Crippen molar-refractivity contribution < 1.29 is 17.2 Å². The first-order valence-corrected chi connectivity index (χ1v) is 11.1. The van der Waals surface area contributed by atoms with Crippen molar-refractivity contribution in [1.82, 2.24) is 4.98 Å². The second-order valence-corrected chi connectivity index (χ2v) is 9.24. The molecule has 0 spiro atoms. The molecule has 4 aromatic rings. The third-order valence-electron chi connectivity index (χ3n) is 4.28. The average Bonchev–Trinajstić information content (AvgIpc) is 3.38. The van der Waals surface area contributed by atoms with E-state index in [-0.39, 0.29) is 21.7 Å². The SMILES string of the molecule is Cc1ccc(CNc2oc(-c3cccs3)nc2S(=O)(=O)c2ccc(F)cc2)cc1. The fourth-order valence-corrected chi connectivity index (χ4v) is 4.65. The molecule has 29 heavy (non-hydrogen) atoms. The Morgan fingerprint density at radius 3 is 2.45 bits per heavy atom. The third-order valence-corrected chi connectivity index (χ3v) is 6.82. The molecule has 0 unspecified atom stereocenters. The summed E-state index contributed by atoms with van der Waals surface area (Å²) in [6.07, 6.45) is 0. The summed E-state index contributed by atoms with van der Waals surface area (Å²) >= 11 is 1.39. The first-order chi connectivity index (χ1) is 13.9. The lowest BCUT2D eigenvalue weighted by Gasteiger charge is -2.07. The molecule has 8 heteroatoms. The van der Waals surface area contributed by atoms with E-state index in [1.807, 2.05) is 42.6 Å². The number of nitrogens with one attached hydrogen (secondary N) is 1. The van der Waals surface area contributed by atoms with Gasteiger partial charge in [-0.05, 0) is 48.2 Å². The van der Waals surface area contributed by atoms with Crippen LogP contribution in [0.15, 0.2) is 80.4 Å². The molecule has 0 aliphatic rings. The summed E-state index contributed by atoms with van der Waals surface area (Å²) in [5.41, 5.74) is 2.10. The molecule has 0 aliphatic carbocycles. The Morgan fingerprint density at radius 2 is 1.79 bits per heavy atom. The molecule has 148 valence electrons. The van der Waals surface area contributed by atoms with Gasteiger partial charge in [-0.15, -0.1) is 11.3 Å². The fraction of sp³-hybridized carbons (Fsp3) is 0.0952. The summed E-state index contributed by atoms with van der Waals surface area (Å²) in [6.45, 7) is 2.36. The van der Waals surface area contributed by atoms with Gasteiger partial charge in [0.1, 0.15) is 5.82 Å². The Labute approximate surface area is 171 Å². The average molecular weight is 429 g/mol. The molecule has 0 radical (unpaired) electrons. The molecule has 0 aliphatic heterocycles. The van der Waals surface area contributed by atoms with E-state index < -0.39 is 15.7 Å². The zero-order chi connectivity index (χ0) is 20.4. The summed E-state index contributed by atoms with van der Waals surface area (Å²) < 4.78 is 45.3. The van der Waals surface area contributed by atoms with Crippen molar-refractivity contribution in [1.29, 1.82) is 0 Å². The van der Waals surface area contributed by atoms with E-state index in [1.165, 1.54) is 23.5 Å². The number of thiophene rings is 1. The molecule has 4 rings (SSSR count). The van der Waals surface area contributed by atoms with Crippen LogP contribution < -0.4 is 5.32 Å². The van der Waals surface area contributed by atoms with E-state index in [9.17, 15) is 12.8 Å². The highest BCUT2D eigenvalue weighted by Crippen LogP contribution is 2.34. The van der Waals surface area contributed by atoms with Crippen molar-refractivity contribution in [3.8, 4) is 10.8 Å². The van der Waals surface area contributed by atoms with Crippen molar-refractivity contribution in [2.24, 2.45) is 0 Å². The number of oxazole rings is 1. The van der Waals surface area contributed by atoms with Gasteiger partial charge in [0.25, 0.3) is 0 Å². The highest BCUT2D eigenvalue weighted by atomic mass is 32.2. The van der Waals surface area contributed by atoms with Crippen LogP contribution in [0.2, 0.25) is 0 Å². The largest absolute Gasteiger partial charge is 0.418 e. The van der Waals surface area contributed by atoms with Crippen LogP contribution in [0.1, 0.15) is 11.1 Å². The Morgan fingerprint density at radius 1 is 1.07 bits per heavy atom. The van der Waals surface area contributed by atoms with Crippen LogP contribution in [0.25, 0.3) is 10.8 Å². The lowest BCUT2D eigenvalue weighted by Crippen LogP contribution is -2.07. The molecule has 1 N–H and O–H groups in total. The normalized spacial score (nSPS) is 11.5. The highest BCUT2D eigenvalue weighted by Gasteiger charge is 2.28. The van der Waals surface area contributed by atoms with Crippen LogP contribution in [-0.4, -0.2) is 13.4 Å². The fourth-order valence-electron chi connectivity index (χ4n) is 2.72.